The number of amides is 1. The number of aryl methyl sites for hydroxylation is 2. The van der Waals surface area contributed by atoms with Crippen molar-refractivity contribution in [3.05, 3.63) is 64.7 Å². The maximum atomic E-state index is 12.9. The lowest BCUT2D eigenvalue weighted by Gasteiger charge is -2.15. The molecular weight excluding hydrogens is 454 g/mol. The summed E-state index contributed by atoms with van der Waals surface area (Å²) in [6, 6.07) is 10.5. The minimum atomic E-state index is -0.592. The van der Waals surface area contributed by atoms with Gasteiger partial charge in [0.15, 0.2) is 12.4 Å². The van der Waals surface area contributed by atoms with Crippen molar-refractivity contribution in [3.63, 3.8) is 0 Å². The topological polar surface area (TPSA) is 94.6 Å². The molecule has 0 spiro atoms. The van der Waals surface area contributed by atoms with Crippen molar-refractivity contribution in [2.75, 3.05) is 25.4 Å². The van der Waals surface area contributed by atoms with E-state index in [-0.39, 0.29) is 24.1 Å². The van der Waals surface area contributed by atoms with Gasteiger partial charge in [-0.2, -0.15) is 0 Å². The van der Waals surface area contributed by atoms with Crippen molar-refractivity contribution < 1.29 is 23.6 Å². The lowest BCUT2D eigenvalue weighted by Crippen LogP contribution is -2.29. The van der Waals surface area contributed by atoms with Crippen molar-refractivity contribution >= 4 is 29.4 Å². The smallest absolute Gasteiger partial charge is 0.339 e. The molecule has 178 valence electrons. The Balaban J connectivity index is 1.40. The minimum absolute atomic E-state index is 0.0681. The second kappa shape index (κ2) is 10.3. The largest absolute Gasteiger partial charge is 0.454 e. The molecule has 2 aromatic heterocycles. The lowest BCUT2D eigenvalue weighted by molar-refractivity contribution is -0.127. The van der Waals surface area contributed by atoms with Crippen LogP contribution in [-0.4, -0.2) is 57.7 Å². The van der Waals surface area contributed by atoms with Gasteiger partial charge in [-0.25, -0.2) is 4.79 Å². The van der Waals surface area contributed by atoms with Crippen LogP contribution in [0.3, 0.4) is 0 Å². The van der Waals surface area contributed by atoms with Gasteiger partial charge in [0.05, 0.1) is 11.3 Å². The number of Topliss-reactive ketones (excluding diaryl/α,β-unsaturated/α-hetero) is 1. The van der Waals surface area contributed by atoms with Gasteiger partial charge in [0, 0.05) is 41.0 Å². The van der Waals surface area contributed by atoms with Crippen molar-refractivity contribution in [1.29, 1.82) is 0 Å². The molecule has 0 unspecified atom stereocenters. The molecule has 0 atom stereocenters. The molecule has 1 aliphatic rings. The molecule has 1 saturated heterocycles. The maximum absolute atomic E-state index is 12.9. The average Bonchev–Trinajstić information content (AvgIpc) is 3.57. The summed E-state index contributed by atoms with van der Waals surface area (Å²) in [5, 5.41) is 4.02. The van der Waals surface area contributed by atoms with E-state index in [0.29, 0.717) is 33.3 Å². The SMILES string of the molecule is Cc1cc(-n2c(C)cc(C(=O)COC(=O)c3ccccc3SCC(=O)N3CCCC3)c2C)no1. The normalized spacial score (nSPS) is 13.3. The van der Waals surface area contributed by atoms with Gasteiger partial charge in [-0.1, -0.05) is 17.3 Å². The zero-order valence-corrected chi connectivity index (χ0v) is 20.3. The van der Waals surface area contributed by atoms with Gasteiger partial charge in [0.1, 0.15) is 5.76 Å². The predicted molar refractivity (Wildman–Crippen MR) is 128 cm³/mol. The fourth-order valence-corrected chi connectivity index (χ4v) is 5.04. The molecule has 0 radical (unpaired) electrons. The van der Waals surface area contributed by atoms with Crippen molar-refractivity contribution in [2.24, 2.45) is 0 Å². The first-order chi connectivity index (χ1) is 16.3. The number of likely N-dealkylation sites (tertiary alicyclic amines) is 1. The van der Waals surface area contributed by atoms with Crippen LogP contribution in [0.1, 0.15) is 50.7 Å². The Morgan fingerprint density at radius 3 is 2.50 bits per heavy atom. The van der Waals surface area contributed by atoms with E-state index in [2.05, 4.69) is 5.16 Å². The predicted octanol–water partition coefficient (Wildman–Crippen LogP) is 4.14. The number of ether oxygens (including phenoxy) is 1. The van der Waals surface area contributed by atoms with Gasteiger partial charge in [0.25, 0.3) is 0 Å². The zero-order chi connectivity index (χ0) is 24.2. The van der Waals surface area contributed by atoms with Crippen LogP contribution in [0.5, 0.6) is 0 Å². The number of ketones is 1. The number of esters is 1. The first kappa shape index (κ1) is 23.8. The van der Waals surface area contributed by atoms with E-state index in [1.54, 1.807) is 37.3 Å². The second-order valence-electron chi connectivity index (χ2n) is 8.29. The van der Waals surface area contributed by atoms with Crippen LogP contribution in [0, 0.1) is 20.8 Å². The zero-order valence-electron chi connectivity index (χ0n) is 19.5. The van der Waals surface area contributed by atoms with Crippen LogP contribution in [0.15, 0.2) is 45.8 Å². The molecule has 4 rings (SSSR count). The quantitative estimate of drug-likeness (QED) is 0.271. The third-order valence-electron chi connectivity index (χ3n) is 5.83. The molecule has 1 amide bonds. The summed E-state index contributed by atoms with van der Waals surface area (Å²) in [4.78, 5) is 40.5. The van der Waals surface area contributed by atoms with Crippen molar-refractivity contribution in [2.45, 2.75) is 38.5 Å². The molecule has 1 aromatic carbocycles. The van der Waals surface area contributed by atoms with Gasteiger partial charge >= 0.3 is 5.97 Å². The van der Waals surface area contributed by atoms with E-state index in [1.807, 2.05) is 29.4 Å². The van der Waals surface area contributed by atoms with Gasteiger partial charge in [0.2, 0.25) is 11.7 Å². The summed E-state index contributed by atoms with van der Waals surface area (Å²) in [7, 11) is 0. The first-order valence-corrected chi connectivity index (χ1v) is 12.2. The summed E-state index contributed by atoms with van der Waals surface area (Å²) in [5.41, 5.74) is 2.33. The Bertz CT molecular complexity index is 1220. The van der Waals surface area contributed by atoms with Crippen LogP contribution in [0.25, 0.3) is 5.82 Å². The van der Waals surface area contributed by atoms with E-state index >= 15 is 0 Å². The Hall–Kier alpha value is -3.33. The van der Waals surface area contributed by atoms with Gasteiger partial charge in [-0.05, 0) is 51.8 Å². The van der Waals surface area contributed by atoms with E-state index in [9.17, 15) is 14.4 Å². The van der Waals surface area contributed by atoms with Gasteiger partial charge < -0.3 is 14.2 Å². The van der Waals surface area contributed by atoms with E-state index in [0.717, 1.165) is 31.6 Å². The highest BCUT2D eigenvalue weighted by atomic mass is 32.2. The molecule has 1 fully saturated rings. The molecule has 1 aliphatic heterocycles. The molecule has 0 bridgehead atoms. The Morgan fingerprint density at radius 2 is 1.79 bits per heavy atom. The molecular formula is C25H27N3O5S. The third kappa shape index (κ3) is 5.09. The number of aromatic nitrogens is 2. The van der Waals surface area contributed by atoms with Crippen LogP contribution in [0.4, 0.5) is 0 Å². The summed E-state index contributed by atoms with van der Waals surface area (Å²) in [6.07, 6.45) is 2.07. The highest BCUT2D eigenvalue weighted by Crippen LogP contribution is 2.25. The summed E-state index contributed by atoms with van der Waals surface area (Å²) in [5.74, 6) is 0.698. The molecule has 0 saturated carbocycles. The molecule has 0 N–H and O–H groups in total. The fourth-order valence-electron chi connectivity index (χ4n) is 4.10. The molecule has 8 nitrogen and oxygen atoms in total. The monoisotopic (exact) mass is 481 g/mol. The van der Waals surface area contributed by atoms with Gasteiger partial charge in [-0.3, -0.25) is 14.2 Å². The highest BCUT2D eigenvalue weighted by molar-refractivity contribution is 8.00. The van der Waals surface area contributed by atoms with E-state index in [4.69, 9.17) is 9.26 Å². The number of carbonyl (C=O) groups is 3. The van der Waals surface area contributed by atoms with Crippen LogP contribution < -0.4 is 0 Å². The summed E-state index contributed by atoms with van der Waals surface area (Å²) in [6.45, 7) is 6.69. The molecule has 34 heavy (non-hydrogen) atoms. The number of carbonyl (C=O) groups excluding carboxylic acids is 3. The Labute approximate surface area is 202 Å². The number of hydrogen-bond acceptors (Lipinski definition) is 7. The number of rotatable bonds is 8. The number of hydrogen-bond donors (Lipinski definition) is 0. The minimum Gasteiger partial charge on any atom is -0.454 e. The van der Waals surface area contributed by atoms with Gasteiger partial charge in [-0.15, -0.1) is 11.8 Å². The number of benzene rings is 1. The molecule has 3 aromatic rings. The summed E-state index contributed by atoms with van der Waals surface area (Å²) >= 11 is 1.31. The lowest BCUT2D eigenvalue weighted by atomic mass is 10.1. The van der Waals surface area contributed by atoms with Crippen LogP contribution in [0.2, 0.25) is 0 Å². The molecule has 0 aliphatic carbocycles. The fraction of sp³-hybridized carbons (Fsp3) is 0.360. The van der Waals surface area contributed by atoms with Crippen LogP contribution >= 0.6 is 11.8 Å². The Kier molecular flexibility index (Phi) is 7.21. The average molecular weight is 482 g/mol. The number of thioether (sulfide) groups is 1. The second-order valence-corrected chi connectivity index (χ2v) is 9.31. The number of nitrogens with zero attached hydrogens (tertiary/aromatic N) is 3. The summed E-state index contributed by atoms with van der Waals surface area (Å²) < 4.78 is 12.3. The van der Waals surface area contributed by atoms with E-state index < -0.39 is 5.97 Å². The maximum Gasteiger partial charge on any atom is 0.339 e. The highest BCUT2D eigenvalue weighted by Gasteiger charge is 2.22. The van der Waals surface area contributed by atoms with Crippen LogP contribution in [-0.2, 0) is 9.53 Å². The third-order valence-corrected chi connectivity index (χ3v) is 6.89. The molecule has 3 heterocycles. The van der Waals surface area contributed by atoms with E-state index in [1.165, 1.54) is 11.8 Å². The molecule has 9 heteroatoms. The standard InChI is InChI=1S/C25H27N3O5S/c1-16-12-20(18(3)28(16)23-13-17(2)33-26-23)21(29)14-32-25(31)19-8-4-5-9-22(19)34-15-24(30)27-10-6-7-11-27/h4-5,8-9,12-13H,6-7,10-11,14-15H2,1-3H3. The van der Waals surface area contributed by atoms with Crippen molar-refractivity contribution in [3.8, 4) is 5.82 Å². The first-order valence-electron chi connectivity index (χ1n) is 11.2. The Morgan fingerprint density at radius 1 is 1.06 bits per heavy atom. The van der Waals surface area contributed by atoms with Crippen molar-refractivity contribution in [1.82, 2.24) is 14.6 Å².